The molecule has 0 rings (SSSR count). The van der Waals surface area contributed by atoms with Gasteiger partial charge in [-0.3, -0.25) is 4.79 Å². The first kappa shape index (κ1) is 10.2. The van der Waals surface area contributed by atoms with E-state index in [9.17, 15) is 9.59 Å². The van der Waals surface area contributed by atoms with Crippen LogP contribution in [0.15, 0.2) is 17.3 Å². The topological polar surface area (TPSA) is 92.1 Å². The second kappa shape index (κ2) is 5.94. The third-order valence-electron chi connectivity index (χ3n) is 0.792. The first-order valence-corrected chi connectivity index (χ1v) is 3.14. The van der Waals surface area contributed by atoms with E-state index in [4.69, 9.17) is 5.53 Å². The highest BCUT2D eigenvalue weighted by Crippen LogP contribution is 1.84. The molecule has 0 saturated heterocycles. The van der Waals surface area contributed by atoms with Crippen molar-refractivity contribution in [1.29, 1.82) is 0 Å². The first-order valence-electron chi connectivity index (χ1n) is 3.14. The standard InChI is InChI=1S/C6H7N3O3/c1-2-12-6(11)4-3-5(10)8-9-7/h3-4H,2H2,1H3/b4-3+. The van der Waals surface area contributed by atoms with Crippen LogP contribution in [0, 0.1) is 0 Å². The van der Waals surface area contributed by atoms with Gasteiger partial charge < -0.3 is 4.74 Å². The summed E-state index contributed by atoms with van der Waals surface area (Å²) in [4.78, 5) is 23.2. The highest BCUT2D eigenvalue weighted by Gasteiger charge is 1.95. The second-order valence-corrected chi connectivity index (χ2v) is 1.61. The summed E-state index contributed by atoms with van der Waals surface area (Å²) in [5.41, 5.74) is 7.79. The van der Waals surface area contributed by atoms with E-state index in [-0.39, 0.29) is 6.61 Å². The molecule has 0 aliphatic heterocycles. The lowest BCUT2D eigenvalue weighted by Crippen LogP contribution is -1.99. The van der Waals surface area contributed by atoms with Gasteiger partial charge in [0.1, 0.15) is 0 Å². The van der Waals surface area contributed by atoms with Crippen LogP contribution >= 0.6 is 0 Å². The van der Waals surface area contributed by atoms with Gasteiger partial charge in [-0.25, -0.2) is 4.79 Å². The van der Waals surface area contributed by atoms with E-state index in [0.717, 1.165) is 12.2 Å². The van der Waals surface area contributed by atoms with Crippen molar-refractivity contribution < 1.29 is 14.3 Å². The molecular formula is C6H7N3O3. The Bertz CT molecular complexity index is 253. The number of carbonyl (C=O) groups excluding carboxylic acids is 2. The highest BCUT2D eigenvalue weighted by molar-refractivity contribution is 5.94. The van der Waals surface area contributed by atoms with Crippen molar-refractivity contribution in [3.63, 3.8) is 0 Å². The minimum Gasteiger partial charge on any atom is -0.463 e. The molecule has 0 aliphatic rings. The van der Waals surface area contributed by atoms with Gasteiger partial charge >= 0.3 is 5.97 Å². The molecule has 0 N–H and O–H groups in total. The van der Waals surface area contributed by atoms with Gasteiger partial charge in [-0.2, -0.15) is 0 Å². The van der Waals surface area contributed by atoms with Gasteiger partial charge in [0.15, 0.2) is 0 Å². The second-order valence-electron chi connectivity index (χ2n) is 1.61. The summed E-state index contributed by atoms with van der Waals surface area (Å²) in [6.07, 6.45) is 1.75. The zero-order valence-electron chi connectivity index (χ0n) is 6.43. The zero-order valence-corrected chi connectivity index (χ0v) is 6.43. The maximum atomic E-state index is 10.6. The molecule has 0 spiro atoms. The SMILES string of the molecule is CCOC(=O)/C=C/C(=O)N=[N+]=[N-]. The van der Waals surface area contributed by atoms with E-state index >= 15 is 0 Å². The minimum atomic E-state index is -0.828. The molecule has 0 aliphatic carbocycles. The van der Waals surface area contributed by atoms with Gasteiger partial charge in [0.05, 0.1) is 6.61 Å². The molecule has 1 amide bonds. The lowest BCUT2D eigenvalue weighted by Gasteiger charge is -1.92. The number of carbonyl (C=O) groups is 2. The third-order valence-corrected chi connectivity index (χ3v) is 0.792. The maximum Gasteiger partial charge on any atom is 0.330 e. The first-order chi connectivity index (χ1) is 5.70. The predicted octanol–water partition coefficient (Wildman–Crippen LogP) is 0.943. The summed E-state index contributed by atoms with van der Waals surface area (Å²) in [5.74, 6) is -1.47. The summed E-state index contributed by atoms with van der Waals surface area (Å²) >= 11 is 0. The largest absolute Gasteiger partial charge is 0.463 e. The number of nitrogens with zero attached hydrogens (tertiary/aromatic N) is 3. The average Bonchev–Trinajstić information content (AvgIpc) is 2.02. The molecule has 0 radical (unpaired) electrons. The van der Waals surface area contributed by atoms with Crippen LogP contribution in [-0.2, 0) is 14.3 Å². The van der Waals surface area contributed by atoms with Crippen LogP contribution in [0.25, 0.3) is 10.4 Å². The minimum absolute atomic E-state index is 0.235. The van der Waals surface area contributed by atoms with E-state index in [0.29, 0.717) is 0 Å². The van der Waals surface area contributed by atoms with Crippen molar-refractivity contribution in [2.45, 2.75) is 6.92 Å². The smallest absolute Gasteiger partial charge is 0.330 e. The van der Waals surface area contributed by atoms with Gasteiger partial charge in [-0.15, -0.1) is 0 Å². The van der Waals surface area contributed by atoms with E-state index in [1.165, 1.54) is 0 Å². The number of amides is 1. The number of hydrogen-bond donors (Lipinski definition) is 0. The fourth-order valence-corrected chi connectivity index (χ4v) is 0.407. The quantitative estimate of drug-likeness (QED) is 0.207. The Morgan fingerprint density at radius 1 is 1.58 bits per heavy atom. The molecule has 0 unspecified atom stereocenters. The molecule has 6 nitrogen and oxygen atoms in total. The van der Waals surface area contributed by atoms with Crippen molar-refractivity contribution >= 4 is 11.9 Å². The molecule has 0 bridgehead atoms. The molecule has 6 heteroatoms. The van der Waals surface area contributed by atoms with Crippen LogP contribution in [0.2, 0.25) is 0 Å². The van der Waals surface area contributed by atoms with Gasteiger partial charge in [-0.05, 0) is 23.6 Å². The summed E-state index contributed by atoms with van der Waals surface area (Å²) in [6, 6.07) is 0. The highest BCUT2D eigenvalue weighted by atomic mass is 16.5. The van der Waals surface area contributed by atoms with Gasteiger partial charge in [0, 0.05) is 11.0 Å². The lowest BCUT2D eigenvalue weighted by atomic mass is 10.5. The van der Waals surface area contributed by atoms with Crippen molar-refractivity contribution in [3.8, 4) is 0 Å². The summed E-state index contributed by atoms with van der Waals surface area (Å²) in [7, 11) is 0. The fourth-order valence-electron chi connectivity index (χ4n) is 0.407. The Balaban J connectivity index is 3.97. The van der Waals surface area contributed by atoms with Crippen LogP contribution < -0.4 is 0 Å². The number of esters is 1. The van der Waals surface area contributed by atoms with Crippen LogP contribution in [0.5, 0.6) is 0 Å². The normalized spacial score (nSPS) is 9.08. The Hall–Kier alpha value is -1.81. The molecule has 0 aromatic rings. The molecule has 0 aromatic heterocycles. The van der Waals surface area contributed by atoms with E-state index in [2.05, 4.69) is 14.8 Å². The lowest BCUT2D eigenvalue weighted by molar-refractivity contribution is -0.137. The monoisotopic (exact) mass is 169 g/mol. The van der Waals surface area contributed by atoms with E-state index < -0.39 is 11.9 Å². The molecule has 0 atom stereocenters. The molecular weight excluding hydrogens is 162 g/mol. The Morgan fingerprint density at radius 3 is 2.75 bits per heavy atom. The van der Waals surface area contributed by atoms with E-state index in [1.54, 1.807) is 6.92 Å². The van der Waals surface area contributed by atoms with Crippen molar-refractivity contribution in [3.05, 3.63) is 22.6 Å². The maximum absolute atomic E-state index is 10.6. The van der Waals surface area contributed by atoms with Crippen LogP contribution in [0.3, 0.4) is 0 Å². The number of azide groups is 1. The molecule has 0 fully saturated rings. The average molecular weight is 169 g/mol. The zero-order chi connectivity index (χ0) is 9.40. The molecule has 0 saturated carbocycles. The van der Waals surface area contributed by atoms with Crippen molar-refractivity contribution in [1.82, 2.24) is 0 Å². The molecule has 64 valence electrons. The van der Waals surface area contributed by atoms with Gasteiger partial charge in [-0.1, -0.05) is 0 Å². The van der Waals surface area contributed by atoms with Crippen molar-refractivity contribution in [2.24, 2.45) is 5.11 Å². The molecule has 0 heterocycles. The van der Waals surface area contributed by atoms with Crippen LogP contribution in [0.4, 0.5) is 0 Å². The Morgan fingerprint density at radius 2 is 2.25 bits per heavy atom. The molecule has 12 heavy (non-hydrogen) atoms. The van der Waals surface area contributed by atoms with Crippen molar-refractivity contribution in [2.75, 3.05) is 6.61 Å². The summed E-state index contributed by atoms with van der Waals surface area (Å²) in [6.45, 7) is 1.87. The summed E-state index contributed by atoms with van der Waals surface area (Å²) in [5, 5.41) is 2.70. The van der Waals surface area contributed by atoms with Gasteiger partial charge in [0.25, 0.3) is 0 Å². The number of rotatable bonds is 3. The predicted molar refractivity (Wildman–Crippen MR) is 39.9 cm³/mol. The Kier molecular flexibility index (Phi) is 5.04. The number of ether oxygens (including phenoxy) is 1. The summed E-state index contributed by atoms with van der Waals surface area (Å²) < 4.78 is 4.46. The number of hydrogen-bond acceptors (Lipinski definition) is 3. The molecule has 0 aromatic carbocycles. The van der Waals surface area contributed by atoms with Crippen LogP contribution in [0.1, 0.15) is 6.92 Å². The van der Waals surface area contributed by atoms with Crippen LogP contribution in [-0.4, -0.2) is 18.5 Å². The van der Waals surface area contributed by atoms with Gasteiger partial charge in [0.2, 0.25) is 5.91 Å². The van der Waals surface area contributed by atoms with E-state index in [1.807, 2.05) is 0 Å². The fraction of sp³-hybridized carbons (Fsp3) is 0.333. The Labute approximate surface area is 68.4 Å². The third kappa shape index (κ3) is 5.01.